The van der Waals surface area contributed by atoms with E-state index in [9.17, 15) is 13.6 Å². The van der Waals surface area contributed by atoms with Gasteiger partial charge in [-0.15, -0.1) is 0 Å². The molecule has 2 fully saturated rings. The highest BCUT2D eigenvalue weighted by molar-refractivity contribution is 5.74. The Labute approximate surface area is 145 Å². The zero-order valence-corrected chi connectivity index (χ0v) is 14.8. The predicted octanol–water partition coefficient (Wildman–Crippen LogP) is 3.19. The normalized spacial score (nSPS) is 19.4. The zero-order chi connectivity index (χ0) is 18.4. The van der Waals surface area contributed by atoms with Crippen LogP contribution in [0.4, 0.5) is 25.0 Å². The zero-order valence-electron chi connectivity index (χ0n) is 14.8. The summed E-state index contributed by atoms with van der Waals surface area (Å²) in [6, 6.07) is 0. The maximum absolute atomic E-state index is 13.4. The van der Waals surface area contributed by atoms with Gasteiger partial charge in [-0.1, -0.05) is 0 Å². The number of aromatic nitrogens is 1. The van der Waals surface area contributed by atoms with E-state index in [2.05, 4.69) is 4.98 Å². The van der Waals surface area contributed by atoms with Crippen molar-refractivity contribution in [2.75, 3.05) is 30.3 Å². The average molecular weight is 354 g/mol. The number of hydrogen-bond acceptors (Lipinski definition) is 5. The van der Waals surface area contributed by atoms with Crippen LogP contribution in [0.1, 0.15) is 45.6 Å². The second-order valence-electron chi connectivity index (χ2n) is 7.75. The molecule has 2 N–H and O–H groups in total. The molecule has 0 unspecified atom stereocenters. The Balaban J connectivity index is 1.82. The number of nitrogens with zero attached hydrogens (tertiary/aromatic N) is 3. The first kappa shape index (κ1) is 17.7. The van der Waals surface area contributed by atoms with Gasteiger partial charge in [0.1, 0.15) is 5.60 Å². The van der Waals surface area contributed by atoms with Gasteiger partial charge in [-0.2, -0.15) is 0 Å². The molecule has 1 aromatic rings. The Morgan fingerprint density at radius 3 is 2.56 bits per heavy atom. The van der Waals surface area contributed by atoms with Crippen molar-refractivity contribution in [1.29, 1.82) is 0 Å². The SMILES string of the molecule is CC(C)(C)OC(=O)N1CCN(c2c(N)cncc2C(F)F)CC12CC2. The van der Waals surface area contributed by atoms with Gasteiger partial charge in [0.05, 0.1) is 28.7 Å². The molecule has 2 heterocycles. The summed E-state index contributed by atoms with van der Waals surface area (Å²) in [5.74, 6) is 0. The number of hydrogen-bond donors (Lipinski definition) is 1. The number of halogens is 2. The van der Waals surface area contributed by atoms with Crippen molar-refractivity contribution in [1.82, 2.24) is 9.88 Å². The molecule has 1 spiro atoms. The minimum atomic E-state index is -2.65. The van der Waals surface area contributed by atoms with Gasteiger partial charge in [0.2, 0.25) is 0 Å². The highest BCUT2D eigenvalue weighted by Crippen LogP contribution is 2.47. The van der Waals surface area contributed by atoms with Gasteiger partial charge in [-0.3, -0.25) is 9.88 Å². The quantitative estimate of drug-likeness (QED) is 0.883. The Hall–Kier alpha value is -2.12. The van der Waals surface area contributed by atoms with E-state index in [0.717, 1.165) is 19.0 Å². The number of piperazine rings is 1. The highest BCUT2D eigenvalue weighted by atomic mass is 19.3. The molecule has 2 aliphatic rings. The molecule has 0 bridgehead atoms. The first-order chi connectivity index (χ1) is 11.6. The second kappa shape index (κ2) is 6.00. The Morgan fingerprint density at radius 2 is 2.00 bits per heavy atom. The van der Waals surface area contributed by atoms with Crippen LogP contribution < -0.4 is 10.6 Å². The van der Waals surface area contributed by atoms with Gasteiger partial charge in [0.25, 0.3) is 6.43 Å². The summed E-state index contributed by atoms with van der Waals surface area (Å²) in [7, 11) is 0. The number of carbonyl (C=O) groups is 1. The third-order valence-corrected chi connectivity index (χ3v) is 4.62. The van der Waals surface area contributed by atoms with Crippen LogP contribution in [-0.4, -0.2) is 46.8 Å². The number of amides is 1. The lowest BCUT2D eigenvalue weighted by Crippen LogP contribution is -2.58. The third kappa shape index (κ3) is 3.48. The van der Waals surface area contributed by atoms with E-state index in [1.165, 1.54) is 6.20 Å². The third-order valence-electron chi connectivity index (χ3n) is 4.62. The van der Waals surface area contributed by atoms with Crippen molar-refractivity contribution in [3.63, 3.8) is 0 Å². The van der Waals surface area contributed by atoms with Crippen LogP contribution >= 0.6 is 0 Å². The summed E-state index contributed by atoms with van der Waals surface area (Å²) in [5.41, 5.74) is 5.42. The van der Waals surface area contributed by atoms with Crippen molar-refractivity contribution in [2.24, 2.45) is 0 Å². The average Bonchev–Trinajstić information content (AvgIpc) is 3.24. The van der Waals surface area contributed by atoms with Crippen LogP contribution in [0.5, 0.6) is 0 Å². The van der Waals surface area contributed by atoms with Gasteiger partial charge in [-0.25, -0.2) is 13.6 Å². The van der Waals surface area contributed by atoms with Crippen molar-refractivity contribution < 1.29 is 18.3 Å². The summed E-state index contributed by atoms with van der Waals surface area (Å²) < 4.78 is 32.2. The molecule has 8 heteroatoms. The van der Waals surface area contributed by atoms with Crippen molar-refractivity contribution in [3.05, 3.63) is 18.0 Å². The number of alkyl halides is 2. The fraction of sp³-hybridized carbons (Fsp3) is 0.647. The second-order valence-corrected chi connectivity index (χ2v) is 7.75. The molecule has 1 aliphatic heterocycles. The maximum atomic E-state index is 13.4. The summed E-state index contributed by atoms with van der Waals surface area (Å²) >= 11 is 0. The lowest BCUT2D eigenvalue weighted by molar-refractivity contribution is 0.0106. The first-order valence-corrected chi connectivity index (χ1v) is 8.40. The summed E-state index contributed by atoms with van der Waals surface area (Å²) in [6.45, 7) is 6.79. The van der Waals surface area contributed by atoms with Gasteiger partial charge in [-0.05, 0) is 33.6 Å². The monoisotopic (exact) mass is 354 g/mol. The molecule has 0 atom stereocenters. The van der Waals surface area contributed by atoms with E-state index in [4.69, 9.17) is 10.5 Å². The van der Waals surface area contributed by atoms with Crippen molar-refractivity contribution >= 4 is 17.5 Å². The molecule has 1 aliphatic carbocycles. The summed E-state index contributed by atoms with van der Waals surface area (Å²) in [5, 5.41) is 0. The van der Waals surface area contributed by atoms with Crippen LogP contribution in [0.2, 0.25) is 0 Å². The van der Waals surface area contributed by atoms with E-state index in [1.807, 2.05) is 25.7 Å². The van der Waals surface area contributed by atoms with Crippen LogP contribution in [0, 0.1) is 0 Å². The largest absolute Gasteiger partial charge is 0.444 e. The molecule has 1 amide bonds. The highest BCUT2D eigenvalue weighted by Gasteiger charge is 2.54. The Kier molecular flexibility index (Phi) is 4.25. The van der Waals surface area contributed by atoms with E-state index in [1.54, 1.807) is 4.90 Å². The van der Waals surface area contributed by atoms with Gasteiger partial charge < -0.3 is 15.4 Å². The summed E-state index contributed by atoms with van der Waals surface area (Å²) in [6.07, 6.45) is 1.22. The number of nitrogen functional groups attached to an aromatic ring is 1. The first-order valence-electron chi connectivity index (χ1n) is 8.40. The van der Waals surface area contributed by atoms with Crippen LogP contribution in [0.15, 0.2) is 12.4 Å². The van der Waals surface area contributed by atoms with Gasteiger partial charge >= 0.3 is 6.09 Å². The fourth-order valence-electron chi connectivity index (χ4n) is 3.35. The molecule has 3 rings (SSSR count). The minimum Gasteiger partial charge on any atom is -0.444 e. The molecule has 6 nitrogen and oxygen atoms in total. The molecular formula is C17H24F2N4O2. The maximum Gasteiger partial charge on any atom is 0.410 e. The van der Waals surface area contributed by atoms with Crippen LogP contribution in [0.3, 0.4) is 0 Å². The van der Waals surface area contributed by atoms with E-state index in [0.29, 0.717) is 25.3 Å². The standard InChI is InChI=1S/C17H24F2N4O2/c1-16(2,3)25-15(24)23-7-6-22(10-17(23)4-5-17)13-11(14(18)19)8-21-9-12(13)20/h8-9,14H,4-7,10,20H2,1-3H3. The van der Waals surface area contributed by atoms with Crippen LogP contribution in [-0.2, 0) is 4.74 Å². The number of anilines is 2. The smallest absolute Gasteiger partial charge is 0.410 e. The predicted molar refractivity (Wildman–Crippen MR) is 90.7 cm³/mol. The molecule has 138 valence electrons. The lowest BCUT2D eigenvalue weighted by atomic mass is 10.1. The topological polar surface area (TPSA) is 71.7 Å². The van der Waals surface area contributed by atoms with Crippen molar-refractivity contribution in [2.45, 2.75) is 51.2 Å². The number of ether oxygens (including phenoxy) is 1. The van der Waals surface area contributed by atoms with Crippen molar-refractivity contribution in [3.8, 4) is 0 Å². The number of carbonyl (C=O) groups excluding carboxylic acids is 1. The van der Waals surface area contributed by atoms with E-state index in [-0.39, 0.29) is 22.9 Å². The van der Waals surface area contributed by atoms with Gasteiger partial charge in [0.15, 0.2) is 0 Å². The molecule has 0 aromatic carbocycles. The van der Waals surface area contributed by atoms with E-state index < -0.39 is 12.0 Å². The lowest BCUT2D eigenvalue weighted by Gasteiger charge is -2.44. The molecule has 1 saturated heterocycles. The number of pyridine rings is 1. The molecule has 25 heavy (non-hydrogen) atoms. The molecular weight excluding hydrogens is 330 g/mol. The van der Waals surface area contributed by atoms with E-state index >= 15 is 0 Å². The molecule has 0 radical (unpaired) electrons. The Morgan fingerprint density at radius 1 is 1.32 bits per heavy atom. The number of rotatable bonds is 2. The minimum absolute atomic E-state index is 0.165. The fourth-order valence-corrected chi connectivity index (χ4v) is 3.35. The summed E-state index contributed by atoms with van der Waals surface area (Å²) in [4.78, 5) is 19.9. The molecule has 1 aromatic heterocycles. The number of nitrogens with two attached hydrogens (primary N) is 1. The van der Waals surface area contributed by atoms with Gasteiger partial charge in [0, 0.05) is 25.8 Å². The van der Waals surface area contributed by atoms with Crippen LogP contribution in [0.25, 0.3) is 0 Å². The Bertz CT molecular complexity index is 671. The molecule has 1 saturated carbocycles.